The Labute approximate surface area is 437 Å². The van der Waals surface area contributed by atoms with Crippen LogP contribution in [-0.4, -0.2) is 79.2 Å². The highest BCUT2D eigenvalue weighted by Crippen LogP contribution is 2.38. The van der Waals surface area contributed by atoms with E-state index in [1.807, 2.05) is 96.3 Å². The first kappa shape index (κ1) is 54.5. The molecule has 11 rings (SSSR count). The SMILES string of the molecule is C.C.CC1(C)OB(c2cnn(CC(N)=O)c2)OC1(C)C.Cc1nnc2n1-c1ccc(-c3cnn(CC(N)=O)c3)c(Cc3ccccc3)c1COC2.Cc1nnc2n1-c1ccc(Cl)c(Cc3ccccc3)c1COC2. The third-order valence-corrected chi connectivity index (χ3v) is 13.5. The Morgan fingerprint density at radius 1 is 0.622 bits per heavy atom. The van der Waals surface area contributed by atoms with Gasteiger partial charge in [-0.25, -0.2) is 0 Å². The molecule has 4 aromatic heterocycles. The molecule has 18 nitrogen and oxygen atoms in total. The summed E-state index contributed by atoms with van der Waals surface area (Å²) in [6.07, 6.45) is 8.49. The van der Waals surface area contributed by atoms with Crippen molar-refractivity contribution in [1.82, 2.24) is 49.1 Å². The molecule has 3 aliphatic rings. The zero-order valence-corrected chi connectivity index (χ0v) is 41.8. The van der Waals surface area contributed by atoms with Crippen LogP contribution in [0.25, 0.3) is 22.5 Å². The van der Waals surface area contributed by atoms with Crippen molar-refractivity contribution < 1.29 is 28.4 Å². The number of primary amides is 2. The van der Waals surface area contributed by atoms with Crippen molar-refractivity contribution in [2.24, 2.45) is 11.5 Å². The van der Waals surface area contributed by atoms with Crippen molar-refractivity contribution in [3.63, 3.8) is 0 Å². The highest BCUT2D eigenvalue weighted by molar-refractivity contribution is 6.62. The number of aryl methyl sites for hydroxylation is 2. The number of carbonyl (C=O) groups excluding carboxylic acids is 2. The average Bonchev–Trinajstić information content (AvgIpc) is 4.15. The lowest BCUT2D eigenvalue weighted by molar-refractivity contribution is -0.119. The van der Waals surface area contributed by atoms with E-state index in [9.17, 15) is 9.59 Å². The van der Waals surface area contributed by atoms with E-state index in [4.69, 9.17) is 41.9 Å². The largest absolute Gasteiger partial charge is 0.498 e. The van der Waals surface area contributed by atoms with Gasteiger partial charge in [0.15, 0.2) is 11.6 Å². The van der Waals surface area contributed by atoms with Crippen molar-refractivity contribution in [2.75, 3.05) is 0 Å². The summed E-state index contributed by atoms with van der Waals surface area (Å²) in [5.74, 6) is 2.45. The van der Waals surface area contributed by atoms with Gasteiger partial charge in [-0.2, -0.15) is 10.2 Å². The predicted octanol–water partition coefficient (Wildman–Crippen LogP) is 7.34. The molecule has 4 aromatic carbocycles. The fourth-order valence-electron chi connectivity index (χ4n) is 8.93. The summed E-state index contributed by atoms with van der Waals surface area (Å²) in [7, 11) is -0.461. The number of aromatic nitrogens is 10. The Bertz CT molecular complexity index is 3220. The summed E-state index contributed by atoms with van der Waals surface area (Å²) in [6.45, 7) is 13.8. The first-order valence-electron chi connectivity index (χ1n) is 23.5. The molecular weight excluding hydrogens is 959 g/mol. The van der Waals surface area contributed by atoms with Gasteiger partial charge in [-0.3, -0.25) is 28.1 Å². The molecule has 0 atom stereocenters. The van der Waals surface area contributed by atoms with E-state index in [1.54, 1.807) is 23.3 Å². The number of ether oxygens (including phenoxy) is 2. The van der Waals surface area contributed by atoms with Gasteiger partial charge >= 0.3 is 7.12 Å². The number of amides is 2. The summed E-state index contributed by atoms with van der Waals surface area (Å²) in [5.41, 5.74) is 21.5. The highest BCUT2D eigenvalue weighted by Gasteiger charge is 2.52. The molecular formula is C54H64BClN12O6. The molecule has 0 saturated carbocycles. The molecule has 2 amide bonds. The topological polar surface area (TPSA) is 220 Å². The number of hydrogen-bond acceptors (Lipinski definition) is 12. The zero-order valence-electron chi connectivity index (χ0n) is 41.1. The molecule has 0 unspecified atom stereocenters. The van der Waals surface area contributed by atoms with Gasteiger partial charge in [0.05, 0.1) is 42.0 Å². The summed E-state index contributed by atoms with van der Waals surface area (Å²) in [6, 6.07) is 28.8. The molecule has 0 spiro atoms. The van der Waals surface area contributed by atoms with E-state index in [0.717, 1.165) is 91.4 Å². The Kier molecular flexibility index (Phi) is 16.8. The van der Waals surface area contributed by atoms with Crippen LogP contribution >= 0.6 is 11.6 Å². The van der Waals surface area contributed by atoms with Crippen LogP contribution in [0.2, 0.25) is 5.02 Å². The molecule has 1 saturated heterocycles. The normalized spacial score (nSPS) is 14.7. The summed E-state index contributed by atoms with van der Waals surface area (Å²) in [4.78, 5) is 22.1. The molecule has 3 aliphatic heterocycles. The number of rotatable bonds is 10. The van der Waals surface area contributed by atoms with Crippen LogP contribution in [0.5, 0.6) is 0 Å². The van der Waals surface area contributed by atoms with E-state index in [1.165, 1.54) is 15.8 Å². The standard InChI is InChI=1S/C23H22N6O2.C18H16ClN3O.C11H18BN3O3.2CH4/c1-15-26-27-23-14-31-13-20-19(9-16-5-3-2-4-6-16)18(7-8-21(20)29(15)23)17-10-25-28(11-17)12-22(24)30;1-12-20-21-18-11-23-10-15-14(9-13-5-3-2-4-6-13)16(19)7-8-17(15)22(12)18;1-10(2)11(3,4)18-12(17-10)8-5-14-15(6-8)7-9(13)16;;/h2-8,10-11H,9,12-14H2,1H3,(H2,24,30);2-8H,9-11H2,1H3;5-6H,7H2,1-4H3,(H2,13,16);2*1H4. The molecule has 74 heavy (non-hydrogen) atoms. The van der Waals surface area contributed by atoms with Gasteiger partial charge in [0.2, 0.25) is 11.8 Å². The minimum absolute atomic E-state index is 0. The molecule has 1 fully saturated rings. The van der Waals surface area contributed by atoms with E-state index in [2.05, 4.69) is 76.1 Å². The Hall–Kier alpha value is -7.29. The van der Waals surface area contributed by atoms with Crippen LogP contribution in [0.15, 0.2) is 110 Å². The number of fused-ring (bicyclic) bond motifs is 6. The maximum atomic E-state index is 11.3. The van der Waals surface area contributed by atoms with Gasteiger partial charge in [-0.05, 0) is 100 Å². The summed E-state index contributed by atoms with van der Waals surface area (Å²) >= 11 is 6.51. The number of hydrogen-bond donors (Lipinski definition) is 2. The average molecular weight is 1020 g/mol. The summed E-state index contributed by atoms with van der Waals surface area (Å²) in [5, 5.41) is 26.0. The fourth-order valence-corrected chi connectivity index (χ4v) is 9.17. The van der Waals surface area contributed by atoms with Gasteiger partial charge in [-0.1, -0.05) is 93.2 Å². The second-order valence-corrected chi connectivity index (χ2v) is 19.2. The van der Waals surface area contributed by atoms with E-state index in [-0.39, 0.29) is 39.1 Å². The third-order valence-electron chi connectivity index (χ3n) is 13.2. The molecule has 8 aromatic rings. The van der Waals surface area contributed by atoms with Crippen LogP contribution in [0.4, 0.5) is 0 Å². The van der Waals surface area contributed by atoms with Crippen molar-refractivity contribution in [1.29, 1.82) is 0 Å². The van der Waals surface area contributed by atoms with Crippen LogP contribution in [-0.2, 0) is 80.7 Å². The first-order valence-corrected chi connectivity index (χ1v) is 23.9. The fraction of sp³-hybridized carbons (Fsp3) is 0.333. The van der Waals surface area contributed by atoms with Crippen LogP contribution in [0, 0.1) is 13.8 Å². The molecule has 0 aliphatic carbocycles. The Morgan fingerprint density at radius 2 is 1.09 bits per heavy atom. The molecule has 4 N–H and O–H groups in total. The van der Waals surface area contributed by atoms with Crippen LogP contribution in [0.1, 0.15) is 99.2 Å². The second-order valence-electron chi connectivity index (χ2n) is 18.8. The van der Waals surface area contributed by atoms with E-state index < -0.39 is 18.9 Å². The van der Waals surface area contributed by atoms with Crippen LogP contribution in [0.3, 0.4) is 0 Å². The smallest absolute Gasteiger partial charge is 0.399 e. The Balaban J connectivity index is 0.000000166. The molecule has 7 heterocycles. The number of benzene rings is 4. The van der Waals surface area contributed by atoms with Gasteiger partial charge in [0.1, 0.15) is 38.0 Å². The number of nitrogens with two attached hydrogens (primary N) is 2. The van der Waals surface area contributed by atoms with E-state index in [0.29, 0.717) is 26.4 Å². The van der Waals surface area contributed by atoms with Crippen molar-refractivity contribution in [3.05, 3.63) is 171 Å². The van der Waals surface area contributed by atoms with Gasteiger partial charge in [-0.15, -0.1) is 20.4 Å². The predicted molar refractivity (Wildman–Crippen MR) is 284 cm³/mol. The Morgan fingerprint density at radius 3 is 1.62 bits per heavy atom. The summed E-state index contributed by atoms with van der Waals surface area (Å²) < 4.78 is 30.7. The number of carbonyl (C=O) groups is 2. The minimum atomic E-state index is -0.461. The van der Waals surface area contributed by atoms with Crippen molar-refractivity contribution >= 4 is 36.0 Å². The van der Waals surface area contributed by atoms with Gasteiger partial charge in [0, 0.05) is 45.8 Å². The lowest BCUT2D eigenvalue weighted by Crippen LogP contribution is -2.41. The number of halogens is 1. The van der Waals surface area contributed by atoms with Crippen LogP contribution < -0.4 is 16.9 Å². The third kappa shape index (κ3) is 11.7. The molecule has 386 valence electrons. The highest BCUT2D eigenvalue weighted by atomic mass is 35.5. The van der Waals surface area contributed by atoms with Gasteiger partial charge < -0.3 is 30.2 Å². The van der Waals surface area contributed by atoms with Crippen molar-refractivity contribution in [3.8, 4) is 22.5 Å². The molecule has 20 heteroatoms. The minimum Gasteiger partial charge on any atom is -0.399 e. The second kappa shape index (κ2) is 22.9. The lowest BCUT2D eigenvalue weighted by Gasteiger charge is -2.32. The zero-order chi connectivity index (χ0) is 50.7. The van der Waals surface area contributed by atoms with E-state index >= 15 is 0 Å². The van der Waals surface area contributed by atoms with Gasteiger partial charge in [0.25, 0.3) is 0 Å². The van der Waals surface area contributed by atoms with Crippen molar-refractivity contribution in [2.45, 2.75) is 120 Å². The molecule has 0 bridgehead atoms. The first-order chi connectivity index (χ1) is 34.5. The quantitative estimate of drug-likeness (QED) is 0.129. The monoisotopic (exact) mass is 1020 g/mol. The number of nitrogens with zero attached hydrogens (tertiary/aromatic N) is 10. The maximum Gasteiger partial charge on any atom is 0.498 e. The maximum absolute atomic E-state index is 11.3. The molecule has 0 radical (unpaired) electrons. The lowest BCUT2D eigenvalue weighted by atomic mass is 9.82.